The number of carbonyl (C=O) groups excluding carboxylic acids is 1. The predicted octanol–water partition coefficient (Wildman–Crippen LogP) is 5.02. The van der Waals surface area contributed by atoms with E-state index in [4.69, 9.17) is 12.2 Å². The van der Waals surface area contributed by atoms with Crippen LogP contribution in [-0.4, -0.2) is 14.8 Å². The fourth-order valence-corrected chi connectivity index (χ4v) is 4.03. The number of aromatic nitrogens is 1. The summed E-state index contributed by atoms with van der Waals surface area (Å²) in [7, 11) is 0. The molecule has 1 fully saturated rings. The highest BCUT2D eigenvalue weighted by Gasteiger charge is 2.33. The Hall–Kier alpha value is -2.70. The Kier molecular flexibility index (Phi) is 4.44. The summed E-state index contributed by atoms with van der Waals surface area (Å²) in [5.74, 6) is -0.427. The fourth-order valence-electron chi connectivity index (χ4n) is 2.75. The van der Waals surface area contributed by atoms with Gasteiger partial charge in [0.1, 0.15) is 5.82 Å². The molecule has 128 valence electrons. The standard InChI is InChI=1S/C20H13FN2OS2/c21-14-8-10-15(11-9-14)22-12-4-7-17(22)13-18-19(24)23(20(25)26-18)16-5-2-1-3-6-16/h1-13H/b18-13+. The summed E-state index contributed by atoms with van der Waals surface area (Å²) in [6, 6.07) is 19.3. The Labute approximate surface area is 159 Å². The minimum absolute atomic E-state index is 0.141. The van der Waals surface area contributed by atoms with Crippen LogP contribution in [0.1, 0.15) is 5.69 Å². The molecule has 3 aromatic rings. The van der Waals surface area contributed by atoms with Gasteiger partial charge < -0.3 is 4.57 Å². The lowest BCUT2D eigenvalue weighted by molar-refractivity contribution is -0.113. The van der Waals surface area contributed by atoms with Gasteiger partial charge in [0, 0.05) is 17.6 Å². The van der Waals surface area contributed by atoms with Crippen LogP contribution in [0, 0.1) is 5.82 Å². The number of nitrogens with zero attached hydrogens (tertiary/aromatic N) is 2. The molecular weight excluding hydrogens is 367 g/mol. The largest absolute Gasteiger partial charge is 0.317 e. The van der Waals surface area contributed by atoms with Gasteiger partial charge in [0.05, 0.1) is 10.6 Å². The van der Waals surface area contributed by atoms with Gasteiger partial charge in [-0.25, -0.2) is 4.39 Å². The maximum absolute atomic E-state index is 13.2. The van der Waals surface area contributed by atoms with Gasteiger partial charge >= 0.3 is 0 Å². The van der Waals surface area contributed by atoms with Crippen LogP contribution in [0.2, 0.25) is 0 Å². The van der Waals surface area contributed by atoms with E-state index in [1.807, 2.05) is 59.3 Å². The lowest BCUT2D eigenvalue weighted by Crippen LogP contribution is -2.27. The summed E-state index contributed by atoms with van der Waals surface area (Å²) < 4.78 is 15.6. The molecule has 3 nitrogen and oxygen atoms in total. The van der Waals surface area contributed by atoms with Crippen molar-refractivity contribution in [2.45, 2.75) is 0 Å². The van der Waals surface area contributed by atoms with Crippen LogP contribution >= 0.6 is 24.0 Å². The number of benzene rings is 2. The second kappa shape index (κ2) is 6.90. The zero-order chi connectivity index (χ0) is 18.1. The fraction of sp³-hybridized carbons (Fsp3) is 0. The van der Waals surface area contributed by atoms with Gasteiger partial charge in [0.25, 0.3) is 5.91 Å². The summed E-state index contributed by atoms with van der Waals surface area (Å²) in [6.07, 6.45) is 3.68. The Bertz CT molecular complexity index is 1010. The molecule has 1 saturated heterocycles. The normalized spacial score (nSPS) is 15.9. The van der Waals surface area contributed by atoms with Crippen molar-refractivity contribution < 1.29 is 9.18 Å². The first-order chi connectivity index (χ1) is 12.6. The van der Waals surface area contributed by atoms with Gasteiger partial charge in [0.2, 0.25) is 0 Å². The average molecular weight is 380 g/mol. The van der Waals surface area contributed by atoms with Crippen molar-refractivity contribution in [1.29, 1.82) is 0 Å². The molecule has 0 radical (unpaired) electrons. The quantitative estimate of drug-likeness (QED) is 0.471. The minimum atomic E-state index is -0.286. The number of carbonyl (C=O) groups is 1. The number of anilines is 1. The number of hydrogen-bond donors (Lipinski definition) is 0. The van der Waals surface area contributed by atoms with Crippen LogP contribution in [0.4, 0.5) is 10.1 Å². The summed E-state index contributed by atoms with van der Waals surface area (Å²) in [5.41, 5.74) is 2.40. The number of para-hydroxylation sites is 1. The molecular formula is C20H13FN2OS2. The second-order valence-corrected chi connectivity index (χ2v) is 7.31. The van der Waals surface area contributed by atoms with E-state index in [0.717, 1.165) is 17.1 Å². The number of thiocarbonyl (C=S) groups is 1. The van der Waals surface area contributed by atoms with Gasteiger partial charge in [-0.05, 0) is 54.6 Å². The zero-order valence-corrected chi connectivity index (χ0v) is 15.1. The molecule has 1 aliphatic rings. The maximum Gasteiger partial charge on any atom is 0.270 e. The Morgan fingerprint density at radius 2 is 1.65 bits per heavy atom. The molecule has 26 heavy (non-hydrogen) atoms. The Balaban J connectivity index is 1.68. The van der Waals surface area contributed by atoms with E-state index in [0.29, 0.717) is 9.23 Å². The molecule has 0 aliphatic carbocycles. The van der Waals surface area contributed by atoms with Crippen molar-refractivity contribution in [1.82, 2.24) is 4.57 Å². The van der Waals surface area contributed by atoms with E-state index in [1.54, 1.807) is 12.1 Å². The van der Waals surface area contributed by atoms with Crippen LogP contribution in [0.3, 0.4) is 0 Å². The highest BCUT2D eigenvalue weighted by atomic mass is 32.2. The van der Waals surface area contributed by atoms with Crippen LogP contribution in [0.15, 0.2) is 77.8 Å². The van der Waals surface area contributed by atoms with Gasteiger partial charge in [-0.1, -0.05) is 42.2 Å². The molecule has 1 aliphatic heterocycles. The molecule has 0 saturated carbocycles. The third kappa shape index (κ3) is 3.09. The van der Waals surface area contributed by atoms with Crippen molar-refractivity contribution in [3.63, 3.8) is 0 Å². The maximum atomic E-state index is 13.2. The average Bonchev–Trinajstić information content (AvgIpc) is 3.21. The molecule has 2 heterocycles. The first-order valence-corrected chi connectivity index (χ1v) is 9.12. The van der Waals surface area contributed by atoms with E-state index in [1.165, 1.54) is 28.8 Å². The van der Waals surface area contributed by atoms with Crippen molar-refractivity contribution in [3.8, 4) is 5.69 Å². The second-order valence-electron chi connectivity index (χ2n) is 5.63. The van der Waals surface area contributed by atoms with Crippen molar-refractivity contribution in [2.24, 2.45) is 0 Å². The molecule has 0 N–H and O–H groups in total. The number of amides is 1. The number of hydrogen-bond acceptors (Lipinski definition) is 3. The topological polar surface area (TPSA) is 25.2 Å². The molecule has 0 atom stereocenters. The first-order valence-electron chi connectivity index (χ1n) is 7.90. The van der Waals surface area contributed by atoms with E-state index < -0.39 is 0 Å². The van der Waals surface area contributed by atoms with E-state index in [-0.39, 0.29) is 11.7 Å². The van der Waals surface area contributed by atoms with Gasteiger partial charge in [0.15, 0.2) is 4.32 Å². The van der Waals surface area contributed by atoms with E-state index in [9.17, 15) is 9.18 Å². The smallest absolute Gasteiger partial charge is 0.270 e. The molecule has 1 aromatic heterocycles. The molecule has 0 unspecified atom stereocenters. The Morgan fingerprint density at radius 1 is 0.923 bits per heavy atom. The summed E-state index contributed by atoms with van der Waals surface area (Å²) in [5, 5.41) is 0. The van der Waals surface area contributed by atoms with E-state index in [2.05, 4.69) is 0 Å². The van der Waals surface area contributed by atoms with E-state index >= 15 is 0 Å². The highest BCUT2D eigenvalue weighted by molar-refractivity contribution is 8.27. The number of halogens is 1. The minimum Gasteiger partial charge on any atom is -0.317 e. The van der Waals surface area contributed by atoms with Crippen LogP contribution in [-0.2, 0) is 4.79 Å². The molecule has 1 amide bonds. The third-order valence-electron chi connectivity index (χ3n) is 3.97. The lowest BCUT2D eigenvalue weighted by Gasteiger charge is -2.13. The summed E-state index contributed by atoms with van der Waals surface area (Å²) in [4.78, 5) is 14.9. The monoisotopic (exact) mass is 380 g/mol. The van der Waals surface area contributed by atoms with Crippen molar-refractivity contribution in [3.05, 3.63) is 89.3 Å². The highest BCUT2D eigenvalue weighted by Crippen LogP contribution is 2.36. The van der Waals surface area contributed by atoms with Gasteiger partial charge in [-0.2, -0.15) is 0 Å². The van der Waals surface area contributed by atoms with Crippen molar-refractivity contribution >= 4 is 46.0 Å². The summed E-state index contributed by atoms with van der Waals surface area (Å²) in [6.45, 7) is 0. The first kappa shape index (κ1) is 16.8. The van der Waals surface area contributed by atoms with Crippen LogP contribution in [0.25, 0.3) is 11.8 Å². The van der Waals surface area contributed by atoms with Gasteiger partial charge in [-0.3, -0.25) is 9.69 Å². The van der Waals surface area contributed by atoms with Crippen molar-refractivity contribution in [2.75, 3.05) is 4.90 Å². The Morgan fingerprint density at radius 3 is 2.38 bits per heavy atom. The van der Waals surface area contributed by atoms with Gasteiger partial charge in [-0.15, -0.1) is 0 Å². The molecule has 0 bridgehead atoms. The molecule has 0 spiro atoms. The number of rotatable bonds is 3. The lowest BCUT2D eigenvalue weighted by atomic mass is 10.2. The molecule has 4 rings (SSSR count). The van der Waals surface area contributed by atoms with Crippen LogP contribution < -0.4 is 4.90 Å². The predicted molar refractivity (Wildman–Crippen MR) is 108 cm³/mol. The molecule has 6 heteroatoms. The van der Waals surface area contributed by atoms with Crippen LogP contribution in [0.5, 0.6) is 0 Å². The zero-order valence-electron chi connectivity index (χ0n) is 13.5. The SMILES string of the molecule is O=C1/C(=C\c2cccn2-c2ccc(F)cc2)SC(=S)N1c1ccccc1. The third-order valence-corrected chi connectivity index (χ3v) is 5.27. The molecule has 2 aromatic carbocycles. The summed E-state index contributed by atoms with van der Waals surface area (Å²) >= 11 is 6.67. The number of thioether (sulfide) groups is 1.